The fraction of sp³-hybridized carbons (Fsp3) is 0.500. The fourth-order valence-corrected chi connectivity index (χ4v) is 1.92. The van der Waals surface area contributed by atoms with Crippen LogP contribution in [0.5, 0.6) is 0 Å². The summed E-state index contributed by atoms with van der Waals surface area (Å²) in [5.41, 5.74) is 6.07. The molecular formula is C14H24N4O. The monoisotopic (exact) mass is 264 g/mol. The topological polar surface area (TPSA) is 71.7 Å². The number of hydrogen-bond acceptors (Lipinski definition) is 3. The normalized spacial score (nSPS) is 13.2. The first-order valence-electron chi connectivity index (χ1n) is 6.51. The number of para-hydroxylation sites is 1. The summed E-state index contributed by atoms with van der Waals surface area (Å²) in [4.78, 5) is 4.44. The highest BCUT2D eigenvalue weighted by Crippen LogP contribution is 2.20. The van der Waals surface area contributed by atoms with Gasteiger partial charge in [-0.25, -0.2) is 10.8 Å². The summed E-state index contributed by atoms with van der Waals surface area (Å²) in [6, 6.07) is 6.26. The third kappa shape index (κ3) is 4.54. The van der Waals surface area contributed by atoms with Crippen LogP contribution in [0.2, 0.25) is 0 Å². The molecule has 0 fully saturated rings. The van der Waals surface area contributed by atoms with Gasteiger partial charge in [0.1, 0.15) is 0 Å². The summed E-state index contributed by atoms with van der Waals surface area (Å²) < 4.78 is 5.06. The number of guanidine groups is 1. The molecule has 1 unspecified atom stereocenters. The Balaban J connectivity index is 2.92. The Kier molecular flexibility index (Phi) is 6.32. The van der Waals surface area contributed by atoms with Crippen molar-refractivity contribution in [2.45, 2.75) is 33.2 Å². The SMILES string of the molecule is CCc1cccc(C)c1NC(=NC(C)COC)NN. The predicted octanol–water partition coefficient (Wildman–Crippen LogP) is 1.82. The van der Waals surface area contributed by atoms with Gasteiger partial charge in [0.2, 0.25) is 5.96 Å². The van der Waals surface area contributed by atoms with Gasteiger partial charge in [-0.1, -0.05) is 25.1 Å². The number of aryl methyl sites for hydroxylation is 2. The van der Waals surface area contributed by atoms with Crippen molar-refractivity contribution in [2.24, 2.45) is 10.8 Å². The molecule has 106 valence electrons. The van der Waals surface area contributed by atoms with E-state index in [0.29, 0.717) is 12.6 Å². The molecule has 19 heavy (non-hydrogen) atoms. The van der Waals surface area contributed by atoms with Crippen LogP contribution in [-0.4, -0.2) is 25.7 Å². The Morgan fingerprint density at radius 3 is 2.79 bits per heavy atom. The summed E-state index contributed by atoms with van der Waals surface area (Å²) in [7, 11) is 1.66. The third-order valence-corrected chi connectivity index (χ3v) is 2.88. The Morgan fingerprint density at radius 1 is 1.47 bits per heavy atom. The van der Waals surface area contributed by atoms with E-state index in [4.69, 9.17) is 10.6 Å². The van der Waals surface area contributed by atoms with Gasteiger partial charge in [-0.3, -0.25) is 5.43 Å². The van der Waals surface area contributed by atoms with Gasteiger partial charge in [0, 0.05) is 12.8 Å². The average Bonchev–Trinajstić information content (AvgIpc) is 2.40. The van der Waals surface area contributed by atoms with Crippen LogP contribution >= 0.6 is 0 Å². The number of methoxy groups -OCH3 is 1. The molecule has 0 radical (unpaired) electrons. The van der Waals surface area contributed by atoms with Crippen LogP contribution in [0, 0.1) is 6.92 Å². The van der Waals surface area contributed by atoms with Gasteiger partial charge in [-0.15, -0.1) is 0 Å². The van der Waals surface area contributed by atoms with Crippen molar-refractivity contribution in [3.63, 3.8) is 0 Å². The van der Waals surface area contributed by atoms with E-state index in [1.807, 2.05) is 6.92 Å². The number of anilines is 1. The standard InChI is InChI=1S/C14H24N4O/c1-5-12-8-6-7-10(2)13(12)17-14(18-15)16-11(3)9-19-4/h6-8,11H,5,9,15H2,1-4H3,(H2,16,17,18). The number of hydrogen-bond donors (Lipinski definition) is 3. The zero-order chi connectivity index (χ0) is 14.3. The second-order valence-electron chi connectivity index (χ2n) is 4.51. The molecule has 0 saturated carbocycles. The summed E-state index contributed by atoms with van der Waals surface area (Å²) >= 11 is 0. The maximum atomic E-state index is 5.52. The number of benzene rings is 1. The molecule has 1 aromatic rings. The second-order valence-corrected chi connectivity index (χ2v) is 4.51. The zero-order valence-electron chi connectivity index (χ0n) is 12.2. The molecule has 0 aliphatic rings. The van der Waals surface area contributed by atoms with Gasteiger partial charge < -0.3 is 10.1 Å². The molecule has 5 heteroatoms. The molecule has 0 bridgehead atoms. The first kappa shape index (κ1) is 15.5. The van der Waals surface area contributed by atoms with Gasteiger partial charge >= 0.3 is 0 Å². The largest absolute Gasteiger partial charge is 0.382 e. The van der Waals surface area contributed by atoms with Gasteiger partial charge in [-0.2, -0.15) is 0 Å². The lowest BCUT2D eigenvalue weighted by Crippen LogP contribution is -2.38. The highest BCUT2D eigenvalue weighted by atomic mass is 16.5. The van der Waals surface area contributed by atoms with Crippen LogP contribution in [0.15, 0.2) is 23.2 Å². The van der Waals surface area contributed by atoms with Crippen molar-refractivity contribution < 1.29 is 4.74 Å². The van der Waals surface area contributed by atoms with Crippen molar-refractivity contribution >= 4 is 11.6 Å². The van der Waals surface area contributed by atoms with Crippen molar-refractivity contribution in [1.82, 2.24) is 5.43 Å². The number of rotatable bonds is 5. The van der Waals surface area contributed by atoms with Gasteiger partial charge in [0.15, 0.2) is 0 Å². The lowest BCUT2D eigenvalue weighted by atomic mass is 10.1. The molecule has 1 atom stereocenters. The van der Waals surface area contributed by atoms with E-state index in [1.165, 1.54) is 11.1 Å². The molecule has 1 rings (SSSR count). The van der Waals surface area contributed by atoms with Gasteiger partial charge in [-0.05, 0) is 31.4 Å². The lowest BCUT2D eigenvalue weighted by molar-refractivity contribution is 0.185. The van der Waals surface area contributed by atoms with Crippen molar-refractivity contribution in [1.29, 1.82) is 0 Å². The molecule has 0 aliphatic carbocycles. The fourth-order valence-electron chi connectivity index (χ4n) is 1.92. The quantitative estimate of drug-likeness (QED) is 0.328. The molecule has 0 aliphatic heterocycles. The third-order valence-electron chi connectivity index (χ3n) is 2.88. The van der Waals surface area contributed by atoms with Crippen molar-refractivity contribution in [2.75, 3.05) is 19.0 Å². The number of nitrogens with one attached hydrogen (secondary N) is 2. The minimum Gasteiger partial charge on any atom is -0.382 e. The van der Waals surface area contributed by atoms with Crippen LogP contribution in [0.25, 0.3) is 0 Å². The van der Waals surface area contributed by atoms with E-state index < -0.39 is 0 Å². The van der Waals surface area contributed by atoms with E-state index in [-0.39, 0.29) is 6.04 Å². The van der Waals surface area contributed by atoms with E-state index in [0.717, 1.165) is 12.1 Å². The summed E-state index contributed by atoms with van der Waals surface area (Å²) in [5, 5.41) is 3.26. The van der Waals surface area contributed by atoms with Crippen LogP contribution in [0.3, 0.4) is 0 Å². The maximum Gasteiger partial charge on any atom is 0.210 e. The molecule has 0 aromatic heterocycles. The average molecular weight is 264 g/mol. The number of nitrogens with two attached hydrogens (primary N) is 1. The first-order valence-corrected chi connectivity index (χ1v) is 6.51. The van der Waals surface area contributed by atoms with Gasteiger partial charge in [0.05, 0.1) is 12.6 Å². The minimum atomic E-state index is 0.0395. The summed E-state index contributed by atoms with van der Waals surface area (Å²) in [5.74, 6) is 6.07. The Labute approximate surface area is 115 Å². The summed E-state index contributed by atoms with van der Waals surface area (Å²) in [6.07, 6.45) is 0.954. The molecule has 0 heterocycles. The Bertz CT molecular complexity index is 431. The molecule has 0 amide bonds. The highest BCUT2D eigenvalue weighted by Gasteiger charge is 2.08. The smallest absolute Gasteiger partial charge is 0.210 e. The Morgan fingerprint density at radius 2 is 2.21 bits per heavy atom. The minimum absolute atomic E-state index is 0.0395. The molecule has 0 spiro atoms. The molecule has 5 nitrogen and oxygen atoms in total. The van der Waals surface area contributed by atoms with Crippen molar-refractivity contribution in [3.05, 3.63) is 29.3 Å². The summed E-state index contributed by atoms with van der Waals surface area (Å²) in [6.45, 7) is 6.72. The van der Waals surface area contributed by atoms with Crippen LogP contribution in [0.1, 0.15) is 25.0 Å². The number of aliphatic imine (C=N–C) groups is 1. The number of nitrogens with zero attached hydrogens (tertiary/aromatic N) is 1. The van der Waals surface area contributed by atoms with Crippen molar-refractivity contribution in [3.8, 4) is 0 Å². The van der Waals surface area contributed by atoms with Crippen LogP contribution in [-0.2, 0) is 11.2 Å². The molecule has 1 aromatic carbocycles. The zero-order valence-corrected chi connectivity index (χ0v) is 12.2. The lowest BCUT2D eigenvalue weighted by Gasteiger charge is -2.16. The van der Waals surface area contributed by atoms with Crippen LogP contribution < -0.4 is 16.6 Å². The van der Waals surface area contributed by atoms with E-state index >= 15 is 0 Å². The van der Waals surface area contributed by atoms with E-state index in [2.05, 4.69) is 47.8 Å². The van der Waals surface area contributed by atoms with Crippen LogP contribution in [0.4, 0.5) is 5.69 Å². The first-order chi connectivity index (χ1) is 9.12. The highest BCUT2D eigenvalue weighted by molar-refractivity contribution is 5.94. The van der Waals surface area contributed by atoms with E-state index in [1.54, 1.807) is 7.11 Å². The molecule has 4 N–H and O–H groups in total. The maximum absolute atomic E-state index is 5.52. The molecular weight excluding hydrogens is 240 g/mol. The Hall–Kier alpha value is -1.59. The molecule has 0 saturated heterocycles. The number of hydrazine groups is 1. The number of ether oxygens (including phenoxy) is 1. The predicted molar refractivity (Wildman–Crippen MR) is 80.3 cm³/mol. The van der Waals surface area contributed by atoms with Gasteiger partial charge in [0.25, 0.3) is 0 Å². The van der Waals surface area contributed by atoms with E-state index in [9.17, 15) is 0 Å². The second kappa shape index (κ2) is 7.76.